The molecule has 0 aliphatic heterocycles. The molecule has 1 amide bonds. The first-order valence-corrected chi connectivity index (χ1v) is 10.8. The van der Waals surface area contributed by atoms with Crippen molar-refractivity contribution in [1.29, 1.82) is 0 Å². The average Bonchev–Trinajstić information content (AvgIpc) is 2.89. The number of benzene rings is 1. The molecule has 4 aliphatic rings. The number of amides is 1. The fourth-order valence-corrected chi connectivity index (χ4v) is 6.96. The quantitative estimate of drug-likeness (QED) is 0.824. The van der Waals surface area contributed by atoms with Crippen LogP contribution in [0.1, 0.15) is 45.4 Å². The number of thioether (sulfide) groups is 1. The Morgan fingerprint density at radius 2 is 1.81 bits per heavy atom. The zero-order chi connectivity index (χ0) is 17.9. The van der Waals surface area contributed by atoms with Gasteiger partial charge >= 0.3 is 0 Å². The summed E-state index contributed by atoms with van der Waals surface area (Å²) in [6.45, 7) is 2.01. The van der Waals surface area contributed by atoms with Crippen molar-refractivity contribution < 1.29 is 4.79 Å². The molecule has 1 aromatic heterocycles. The third kappa shape index (κ3) is 2.75. The summed E-state index contributed by atoms with van der Waals surface area (Å²) in [7, 11) is 2.03. The van der Waals surface area contributed by atoms with Crippen LogP contribution < -0.4 is 5.32 Å². The summed E-state index contributed by atoms with van der Waals surface area (Å²) in [5, 5.41) is 4.29. The average molecular weight is 370 g/mol. The number of nitrogens with one attached hydrogen (secondary N) is 1. The lowest BCUT2D eigenvalue weighted by molar-refractivity contribution is -0.126. The number of imidazole rings is 1. The Balaban J connectivity index is 1.30. The minimum Gasteiger partial charge on any atom is -0.350 e. The summed E-state index contributed by atoms with van der Waals surface area (Å²) < 4.78 is 2.09. The van der Waals surface area contributed by atoms with Crippen LogP contribution in [0, 0.1) is 17.8 Å². The largest absolute Gasteiger partial charge is 0.350 e. The molecule has 0 spiro atoms. The highest BCUT2D eigenvalue weighted by Crippen LogP contribution is 2.55. The van der Waals surface area contributed by atoms with Crippen molar-refractivity contribution in [3.8, 4) is 0 Å². The van der Waals surface area contributed by atoms with E-state index in [9.17, 15) is 4.79 Å². The highest BCUT2D eigenvalue weighted by Gasteiger charge is 2.51. The first kappa shape index (κ1) is 16.7. The molecule has 26 heavy (non-hydrogen) atoms. The summed E-state index contributed by atoms with van der Waals surface area (Å²) in [6, 6.07) is 8.14. The zero-order valence-electron chi connectivity index (χ0n) is 15.6. The van der Waals surface area contributed by atoms with Gasteiger partial charge in [0.2, 0.25) is 5.91 Å². The van der Waals surface area contributed by atoms with Gasteiger partial charge in [0.25, 0.3) is 0 Å². The highest BCUT2D eigenvalue weighted by atomic mass is 32.2. The molecule has 0 saturated heterocycles. The van der Waals surface area contributed by atoms with Crippen LogP contribution >= 0.6 is 11.8 Å². The van der Waals surface area contributed by atoms with Crippen molar-refractivity contribution in [3.05, 3.63) is 24.3 Å². The van der Waals surface area contributed by atoms with Gasteiger partial charge in [0, 0.05) is 12.6 Å². The van der Waals surface area contributed by atoms with E-state index in [4.69, 9.17) is 4.98 Å². The van der Waals surface area contributed by atoms with Gasteiger partial charge in [-0.05, 0) is 75.3 Å². The number of para-hydroxylation sites is 2. The second-order valence-corrected chi connectivity index (χ2v) is 10.2. The van der Waals surface area contributed by atoms with Crippen LogP contribution in [0.2, 0.25) is 0 Å². The summed E-state index contributed by atoms with van der Waals surface area (Å²) >= 11 is 1.57. The fraction of sp³-hybridized carbons (Fsp3) is 0.619. The van der Waals surface area contributed by atoms with Crippen molar-refractivity contribution in [2.24, 2.45) is 24.8 Å². The van der Waals surface area contributed by atoms with Gasteiger partial charge in [-0.2, -0.15) is 0 Å². The van der Waals surface area contributed by atoms with Crippen molar-refractivity contribution in [2.45, 2.75) is 61.4 Å². The molecule has 2 aromatic rings. The third-order valence-corrected chi connectivity index (χ3v) is 7.97. The minimum atomic E-state index is -0.126. The van der Waals surface area contributed by atoms with E-state index >= 15 is 0 Å². The van der Waals surface area contributed by atoms with Crippen molar-refractivity contribution >= 4 is 28.7 Å². The Hall–Kier alpha value is -1.49. The Kier molecular flexibility index (Phi) is 3.85. The van der Waals surface area contributed by atoms with E-state index in [0.717, 1.165) is 33.9 Å². The molecule has 4 bridgehead atoms. The van der Waals surface area contributed by atoms with E-state index in [2.05, 4.69) is 16.0 Å². The van der Waals surface area contributed by atoms with Crippen molar-refractivity contribution in [1.82, 2.24) is 14.9 Å². The molecular formula is C21H27N3OS. The second kappa shape index (κ2) is 6.01. The Morgan fingerprint density at radius 1 is 1.19 bits per heavy atom. The van der Waals surface area contributed by atoms with E-state index in [1.807, 2.05) is 32.2 Å². The van der Waals surface area contributed by atoms with Gasteiger partial charge in [-0.25, -0.2) is 4.98 Å². The maximum Gasteiger partial charge on any atom is 0.233 e. The smallest absolute Gasteiger partial charge is 0.233 e. The van der Waals surface area contributed by atoms with Crippen molar-refractivity contribution in [2.75, 3.05) is 0 Å². The topological polar surface area (TPSA) is 46.9 Å². The molecule has 4 aliphatic carbocycles. The molecule has 6 rings (SSSR count). The molecule has 1 heterocycles. The Morgan fingerprint density at radius 3 is 2.42 bits per heavy atom. The lowest BCUT2D eigenvalue weighted by Gasteiger charge is -2.57. The van der Waals surface area contributed by atoms with E-state index in [-0.39, 0.29) is 16.7 Å². The number of carbonyl (C=O) groups is 1. The lowest BCUT2D eigenvalue weighted by atomic mass is 9.53. The number of hydrogen-bond acceptors (Lipinski definition) is 3. The molecule has 1 unspecified atom stereocenters. The monoisotopic (exact) mass is 369 g/mol. The molecule has 4 saturated carbocycles. The predicted molar refractivity (Wildman–Crippen MR) is 105 cm³/mol. The summed E-state index contributed by atoms with van der Waals surface area (Å²) in [6.07, 6.45) is 7.81. The number of fused-ring (bicyclic) bond motifs is 1. The molecule has 1 aromatic carbocycles. The zero-order valence-corrected chi connectivity index (χ0v) is 16.4. The molecule has 138 valence electrons. The number of carbonyl (C=O) groups excluding carboxylic acids is 1. The van der Waals surface area contributed by atoms with E-state index < -0.39 is 0 Å². The molecule has 0 radical (unpaired) electrons. The van der Waals surface area contributed by atoms with Gasteiger partial charge in [-0.15, -0.1) is 0 Å². The standard InChI is InChI=1S/C21H27N3OS/c1-13(26-20-22-17-5-3-4-6-18(17)24(20)2)19(25)23-21-10-14-7-15(11-21)9-16(8-14)12-21/h3-6,13-16H,7-12H2,1-2H3,(H,23,25). The number of hydrogen-bond donors (Lipinski definition) is 1. The first-order chi connectivity index (χ1) is 12.5. The van der Waals surface area contributed by atoms with Gasteiger partial charge < -0.3 is 9.88 Å². The maximum absolute atomic E-state index is 13.0. The second-order valence-electron chi connectivity index (χ2n) is 8.89. The van der Waals surface area contributed by atoms with Crippen LogP contribution in [0.25, 0.3) is 11.0 Å². The normalized spacial score (nSPS) is 33.5. The van der Waals surface area contributed by atoms with Crippen LogP contribution in [0.4, 0.5) is 0 Å². The van der Waals surface area contributed by atoms with Gasteiger partial charge in [-0.3, -0.25) is 4.79 Å². The first-order valence-electron chi connectivity index (χ1n) is 9.91. The summed E-state index contributed by atoms with van der Waals surface area (Å²) in [5.41, 5.74) is 2.20. The molecular weight excluding hydrogens is 342 g/mol. The van der Waals surface area contributed by atoms with E-state index in [0.29, 0.717) is 0 Å². The van der Waals surface area contributed by atoms with E-state index in [1.54, 1.807) is 11.8 Å². The fourth-order valence-electron chi connectivity index (χ4n) is 6.07. The molecule has 4 fully saturated rings. The van der Waals surface area contributed by atoms with Crippen LogP contribution in [-0.4, -0.2) is 26.2 Å². The summed E-state index contributed by atoms with van der Waals surface area (Å²) in [4.78, 5) is 17.7. The van der Waals surface area contributed by atoms with E-state index in [1.165, 1.54) is 38.5 Å². The number of nitrogens with zero attached hydrogens (tertiary/aromatic N) is 2. The molecule has 1 atom stereocenters. The van der Waals surface area contributed by atoms with Crippen molar-refractivity contribution in [3.63, 3.8) is 0 Å². The Bertz CT molecular complexity index is 823. The minimum absolute atomic E-state index is 0.0903. The van der Waals surface area contributed by atoms with Gasteiger partial charge in [0.1, 0.15) is 0 Å². The highest BCUT2D eigenvalue weighted by molar-refractivity contribution is 8.00. The molecule has 5 heteroatoms. The SMILES string of the molecule is CC(Sc1nc2ccccc2n1C)C(=O)NC12CC3CC(CC(C3)C1)C2. The van der Waals surface area contributed by atoms with Gasteiger partial charge in [0.15, 0.2) is 5.16 Å². The number of rotatable bonds is 4. The Labute approximate surface area is 159 Å². The van der Waals surface area contributed by atoms with Gasteiger partial charge in [0.05, 0.1) is 16.3 Å². The van der Waals surface area contributed by atoms with Crippen LogP contribution in [0.3, 0.4) is 0 Å². The van der Waals surface area contributed by atoms with Crippen LogP contribution in [0.5, 0.6) is 0 Å². The molecule has 1 N–H and O–H groups in total. The predicted octanol–water partition coefficient (Wildman–Crippen LogP) is 4.14. The van der Waals surface area contributed by atoms with Crippen LogP contribution in [-0.2, 0) is 11.8 Å². The van der Waals surface area contributed by atoms with Gasteiger partial charge in [-0.1, -0.05) is 23.9 Å². The third-order valence-electron chi connectivity index (χ3n) is 6.82. The summed E-state index contributed by atoms with van der Waals surface area (Å²) in [5.74, 6) is 2.74. The lowest BCUT2D eigenvalue weighted by Crippen LogP contribution is -2.60. The van der Waals surface area contributed by atoms with Crippen LogP contribution in [0.15, 0.2) is 29.4 Å². The number of aromatic nitrogens is 2. The molecule has 4 nitrogen and oxygen atoms in total. The number of aryl methyl sites for hydroxylation is 1. The maximum atomic E-state index is 13.0.